The Morgan fingerprint density at radius 2 is 1.27 bits per heavy atom. The Bertz CT molecular complexity index is 94.2. The van der Waals surface area contributed by atoms with Crippen LogP contribution in [0.25, 0.3) is 0 Å². The number of hydrogen-bond donors (Lipinski definition) is 0. The number of rotatable bonds is 4. The molecule has 0 amide bonds. The molecule has 1 radical (unpaired) electrons. The van der Waals surface area contributed by atoms with Gasteiger partial charge in [0, 0.05) is 0 Å². The van der Waals surface area contributed by atoms with Gasteiger partial charge in [0.05, 0.1) is 0 Å². The fraction of sp³-hybridized carbons (Fsp3) is 0.909. The molecule has 0 aliphatic rings. The first kappa shape index (κ1) is 11.0. The molecule has 67 valence electrons. The van der Waals surface area contributed by atoms with Crippen LogP contribution < -0.4 is 0 Å². The van der Waals surface area contributed by atoms with Crippen molar-refractivity contribution in [3.63, 3.8) is 0 Å². The Kier molecular flexibility index (Phi) is 4.79. The SMILES string of the molecule is C[CH]C(C)C(C)C(C)C(C)C. The van der Waals surface area contributed by atoms with Crippen molar-refractivity contribution >= 4 is 0 Å². The van der Waals surface area contributed by atoms with Crippen LogP contribution in [0, 0.1) is 30.1 Å². The van der Waals surface area contributed by atoms with Crippen molar-refractivity contribution in [3.8, 4) is 0 Å². The van der Waals surface area contributed by atoms with Crippen molar-refractivity contribution in [1.29, 1.82) is 0 Å². The topological polar surface area (TPSA) is 0 Å². The predicted octanol–water partition coefficient (Wildman–Crippen LogP) is 3.77. The van der Waals surface area contributed by atoms with Gasteiger partial charge in [-0.3, -0.25) is 0 Å². The van der Waals surface area contributed by atoms with Crippen molar-refractivity contribution in [1.82, 2.24) is 0 Å². The quantitative estimate of drug-likeness (QED) is 0.579. The van der Waals surface area contributed by atoms with E-state index in [0.29, 0.717) is 0 Å². The molecule has 0 heteroatoms. The summed E-state index contributed by atoms with van der Waals surface area (Å²) in [4.78, 5) is 0. The van der Waals surface area contributed by atoms with Crippen molar-refractivity contribution in [2.45, 2.75) is 41.5 Å². The smallest absolute Gasteiger partial charge is 0.0386 e. The molecule has 0 fully saturated rings. The van der Waals surface area contributed by atoms with E-state index in [4.69, 9.17) is 0 Å². The first-order chi connectivity index (χ1) is 5.00. The summed E-state index contributed by atoms with van der Waals surface area (Å²) in [6, 6.07) is 0. The highest BCUT2D eigenvalue weighted by Crippen LogP contribution is 2.27. The van der Waals surface area contributed by atoms with Crippen molar-refractivity contribution in [2.75, 3.05) is 0 Å². The van der Waals surface area contributed by atoms with Crippen LogP contribution in [-0.2, 0) is 0 Å². The molecule has 0 saturated carbocycles. The zero-order chi connectivity index (χ0) is 9.02. The summed E-state index contributed by atoms with van der Waals surface area (Å²) in [5.41, 5.74) is 0. The molecule has 3 unspecified atom stereocenters. The van der Waals surface area contributed by atoms with Gasteiger partial charge in [0.1, 0.15) is 0 Å². The van der Waals surface area contributed by atoms with Gasteiger partial charge in [-0.05, 0) is 30.1 Å². The third-order valence-corrected chi connectivity index (χ3v) is 3.24. The fourth-order valence-corrected chi connectivity index (χ4v) is 1.39. The Morgan fingerprint density at radius 1 is 0.818 bits per heavy atom. The third kappa shape index (κ3) is 3.27. The van der Waals surface area contributed by atoms with Gasteiger partial charge in [-0.1, -0.05) is 41.5 Å². The Morgan fingerprint density at radius 3 is 1.55 bits per heavy atom. The first-order valence-electron chi connectivity index (χ1n) is 4.80. The predicted molar refractivity (Wildman–Crippen MR) is 52.3 cm³/mol. The van der Waals surface area contributed by atoms with E-state index in [-0.39, 0.29) is 0 Å². The summed E-state index contributed by atoms with van der Waals surface area (Å²) in [5.74, 6) is 3.22. The molecule has 0 aromatic carbocycles. The van der Waals surface area contributed by atoms with E-state index in [0.717, 1.165) is 23.7 Å². The average molecular weight is 155 g/mol. The largest absolute Gasteiger partial charge is 0.0625 e. The molecular weight excluding hydrogens is 132 g/mol. The van der Waals surface area contributed by atoms with Gasteiger partial charge in [0.2, 0.25) is 0 Å². The summed E-state index contributed by atoms with van der Waals surface area (Å²) < 4.78 is 0. The van der Waals surface area contributed by atoms with Gasteiger partial charge >= 0.3 is 0 Å². The molecule has 0 rings (SSSR count). The van der Waals surface area contributed by atoms with Crippen LogP contribution in [0.4, 0.5) is 0 Å². The van der Waals surface area contributed by atoms with Gasteiger partial charge in [0.15, 0.2) is 0 Å². The Hall–Kier alpha value is 0. The summed E-state index contributed by atoms with van der Waals surface area (Å²) in [7, 11) is 0. The minimum absolute atomic E-state index is 0.757. The van der Waals surface area contributed by atoms with E-state index >= 15 is 0 Å². The molecule has 0 spiro atoms. The minimum atomic E-state index is 0.757. The van der Waals surface area contributed by atoms with Crippen molar-refractivity contribution in [2.24, 2.45) is 23.7 Å². The van der Waals surface area contributed by atoms with Gasteiger partial charge in [-0.25, -0.2) is 0 Å². The van der Waals surface area contributed by atoms with Crippen molar-refractivity contribution in [3.05, 3.63) is 6.42 Å². The molecule has 0 aromatic heterocycles. The molecule has 3 atom stereocenters. The zero-order valence-corrected chi connectivity index (χ0v) is 8.89. The molecule has 0 saturated heterocycles. The van der Waals surface area contributed by atoms with Crippen LogP contribution >= 0.6 is 0 Å². The van der Waals surface area contributed by atoms with Crippen LogP contribution in [0.2, 0.25) is 0 Å². The van der Waals surface area contributed by atoms with Crippen molar-refractivity contribution < 1.29 is 0 Å². The lowest BCUT2D eigenvalue weighted by Crippen LogP contribution is -2.20. The molecular formula is C11H23. The Balaban J connectivity index is 3.90. The van der Waals surface area contributed by atoms with E-state index < -0.39 is 0 Å². The van der Waals surface area contributed by atoms with Gasteiger partial charge in [0.25, 0.3) is 0 Å². The average Bonchev–Trinajstić information content (AvgIpc) is 2.00. The summed E-state index contributed by atoms with van der Waals surface area (Å²) in [6.07, 6.45) is 2.31. The fourth-order valence-electron chi connectivity index (χ4n) is 1.39. The second kappa shape index (κ2) is 4.79. The monoisotopic (exact) mass is 155 g/mol. The molecule has 0 nitrogen and oxygen atoms in total. The highest BCUT2D eigenvalue weighted by atomic mass is 14.2. The van der Waals surface area contributed by atoms with Crippen LogP contribution in [0.1, 0.15) is 41.5 Å². The molecule has 0 aliphatic heterocycles. The summed E-state index contributed by atoms with van der Waals surface area (Å²) in [6.45, 7) is 13.8. The molecule has 0 bridgehead atoms. The normalized spacial score (nSPS) is 19.9. The summed E-state index contributed by atoms with van der Waals surface area (Å²) >= 11 is 0. The third-order valence-electron chi connectivity index (χ3n) is 3.24. The lowest BCUT2D eigenvalue weighted by molar-refractivity contribution is 0.242. The molecule has 0 aromatic rings. The molecule has 0 heterocycles. The Labute approximate surface area is 72.4 Å². The highest BCUT2D eigenvalue weighted by molar-refractivity contribution is 4.77. The van der Waals surface area contributed by atoms with Crippen LogP contribution in [0.15, 0.2) is 0 Å². The van der Waals surface area contributed by atoms with Gasteiger partial charge < -0.3 is 0 Å². The van der Waals surface area contributed by atoms with E-state index in [1.807, 2.05) is 0 Å². The van der Waals surface area contributed by atoms with Crippen LogP contribution in [0.3, 0.4) is 0 Å². The summed E-state index contributed by atoms with van der Waals surface area (Å²) in [5, 5.41) is 0. The van der Waals surface area contributed by atoms with E-state index in [2.05, 4.69) is 48.0 Å². The van der Waals surface area contributed by atoms with Crippen LogP contribution in [0.5, 0.6) is 0 Å². The maximum absolute atomic E-state index is 2.36. The molecule has 0 aliphatic carbocycles. The maximum atomic E-state index is 2.36. The zero-order valence-electron chi connectivity index (χ0n) is 8.89. The van der Waals surface area contributed by atoms with Crippen LogP contribution in [-0.4, -0.2) is 0 Å². The second-order valence-electron chi connectivity index (χ2n) is 4.15. The standard InChI is InChI=1S/C11H23/c1-7-9(4)11(6)10(5)8(2)3/h7-11H,1-6H3. The van der Waals surface area contributed by atoms with E-state index in [1.54, 1.807) is 0 Å². The molecule has 0 N–H and O–H groups in total. The minimum Gasteiger partial charge on any atom is -0.0625 e. The lowest BCUT2D eigenvalue weighted by Gasteiger charge is -2.27. The highest BCUT2D eigenvalue weighted by Gasteiger charge is 2.19. The van der Waals surface area contributed by atoms with E-state index in [9.17, 15) is 0 Å². The van der Waals surface area contributed by atoms with Gasteiger partial charge in [-0.2, -0.15) is 0 Å². The first-order valence-corrected chi connectivity index (χ1v) is 4.80. The second-order valence-corrected chi connectivity index (χ2v) is 4.15. The molecule has 11 heavy (non-hydrogen) atoms. The van der Waals surface area contributed by atoms with E-state index in [1.165, 1.54) is 0 Å². The van der Waals surface area contributed by atoms with Gasteiger partial charge in [-0.15, -0.1) is 0 Å². The number of hydrogen-bond acceptors (Lipinski definition) is 0. The lowest BCUT2D eigenvalue weighted by atomic mass is 9.78. The maximum Gasteiger partial charge on any atom is -0.0386 e.